The summed E-state index contributed by atoms with van der Waals surface area (Å²) in [5, 5.41) is 6.62. The highest BCUT2D eigenvalue weighted by Gasteiger charge is 2.03. The summed E-state index contributed by atoms with van der Waals surface area (Å²) in [5.74, 6) is 3.20. The molecule has 0 atom stereocenters. The van der Waals surface area contributed by atoms with Crippen molar-refractivity contribution < 1.29 is 9.47 Å². The highest BCUT2D eigenvalue weighted by atomic mass is 16.5. The van der Waals surface area contributed by atoms with Crippen molar-refractivity contribution in [3.05, 3.63) is 71.9 Å². The maximum absolute atomic E-state index is 5.39. The molecule has 6 heteroatoms. The van der Waals surface area contributed by atoms with E-state index in [2.05, 4.69) is 38.8 Å². The van der Waals surface area contributed by atoms with Gasteiger partial charge in [-0.05, 0) is 48.2 Å². The minimum Gasteiger partial charge on any atom is -0.497 e. The van der Waals surface area contributed by atoms with E-state index in [9.17, 15) is 0 Å². The fraction of sp³-hybridized carbons (Fsp3) is 0.273. The Labute approximate surface area is 166 Å². The molecule has 0 aliphatic rings. The van der Waals surface area contributed by atoms with Crippen LogP contribution in [-0.2, 0) is 12.8 Å². The molecule has 0 amide bonds. The van der Waals surface area contributed by atoms with Crippen LogP contribution < -0.4 is 20.1 Å². The van der Waals surface area contributed by atoms with E-state index in [1.165, 1.54) is 11.1 Å². The van der Waals surface area contributed by atoms with E-state index in [1.807, 2.05) is 36.4 Å². The Kier molecular flexibility index (Phi) is 7.07. The quantitative estimate of drug-likeness (QED) is 0.559. The van der Waals surface area contributed by atoms with Crippen molar-refractivity contribution in [3.8, 4) is 11.5 Å². The number of anilines is 2. The minimum absolute atomic E-state index is 0.621. The topological polar surface area (TPSA) is 68.3 Å². The summed E-state index contributed by atoms with van der Waals surface area (Å²) in [4.78, 5) is 8.81. The molecule has 0 saturated carbocycles. The monoisotopic (exact) mass is 378 g/mol. The number of benzene rings is 2. The van der Waals surface area contributed by atoms with Crippen molar-refractivity contribution in [1.82, 2.24) is 9.97 Å². The van der Waals surface area contributed by atoms with Gasteiger partial charge >= 0.3 is 0 Å². The van der Waals surface area contributed by atoms with Crippen LogP contribution in [-0.4, -0.2) is 37.3 Å². The number of ether oxygens (including phenoxy) is 2. The Bertz CT molecular complexity index is 868. The summed E-state index contributed by atoms with van der Waals surface area (Å²) in [6.07, 6.45) is 3.50. The van der Waals surface area contributed by atoms with Crippen molar-refractivity contribution in [3.63, 3.8) is 0 Å². The summed E-state index contributed by atoms with van der Waals surface area (Å²) < 4.78 is 10.6. The maximum atomic E-state index is 5.39. The lowest BCUT2D eigenvalue weighted by atomic mass is 10.1. The standard InChI is InChI=1S/C22H26N4O2/c1-27-19-9-7-17(8-10-19)11-14-24-22-25-16-13-21(26-22)23-15-12-18-5-3-4-6-20(18)28-2/h3-10,13,16H,11-12,14-15H2,1-2H3,(H2,23,24,25,26). The van der Waals surface area contributed by atoms with E-state index < -0.39 is 0 Å². The Balaban J connectivity index is 1.46. The second kappa shape index (κ2) is 10.2. The van der Waals surface area contributed by atoms with Gasteiger partial charge in [0.2, 0.25) is 5.95 Å². The molecule has 1 heterocycles. The third kappa shape index (κ3) is 5.61. The fourth-order valence-corrected chi connectivity index (χ4v) is 2.89. The van der Waals surface area contributed by atoms with E-state index >= 15 is 0 Å². The van der Waals surface area contributed by atoms with Crippen molar-refractivity contribution in [2.24, 2.45) is 0 Å². The molecule has 2 N–H and O–H groups in total. The molecule has 0 fully saturated rings. The van der Waals surface area contributed by atoms with E-state index in [1.54, 1.807) is 20.4 Å². The first-order chi connectivity index (χ1) is 13.8. The van der Waals surface area contributed by atoms with Crippen molar-refractivity contribution in [1.29, 1.82) is 0 Å². The fourth-order valence-electron chi connectivity index (χ4n) is 2.89. The van der Waals surface area contributed by atoms with Crippen LogP contribution in [0.25, 0.3) is 0 Å². The van der Waals surface area contributed by atoms with Crippen LogP contribution >= 0.6 is 0 Å². The predicted octanol–water partition coefficient (Wildman–Crippen LogP) is 3.80. The van der Waals surface area contributed by atoms with Crippen LogP contribution in [0.2, 0.25) is 0 Å². The molecule has 2 aromatic carbocycles. The van der Waals surface area contributed by atoms with Crippen molar-refractivity contribution in [2.75, 3.05) is 37.9 Å². The van der Waals surface area contributed by atoms with Gasteiger partial charge in [0.25, 0.3) is 0 Å². The number of aromatic nitrogens is 2. The van der Waals surface area contributed by atoms with Gasteiger partial charge in [-0.2, -0.15) is 4.98 Å². The smallest absolute Gasteiger partial charge is 0.224 e. The largest absolute Gasteiger partial charge is 0.497 e. The second-order valence-electron chi connectivity index (χ2n) is 6.28. The zero-order valence-electron chi connectivity index (χ0n) is 16.3. The van der Waals surface area contributed by atoms with Crippen LogP contribution in [0.15, 0.2) is 60.8 Å². The van der Waals surface area contributed by atoms with Gasteiger partial charge in [-0.3, -0.25) is 0 Å². The van der Waals surface area contributed by atoms with Crippen molar-refractivity contribution in [2.45, 2.75) is 12.8 Å². The molecule has 0 aliphatic heterocycles. The average molecular weight is 378 g/mol. The molecule has 1 aromatic heterocycles. The first-order valence-electron chi connectivity index (χ1n) is 9.34. The highest BCUT2D eigenvalue weighted by molar-refractivity contribution is 5.40. The van der Waals surface area contributed by atoms with Gasteiger partial charge in [0.05, 0.1) is 14.2 Å². The number of hydrogen-bond acceptors (Lipinski definition) is 6. The van der Waals surface area contributed by atoms with Gasteiger partial charge in [0.1, 0.15) is 17.3 Å². The molecule has 0 bridgehead atoms. The molecule has 6 nitrogen and oxygen atoms in total. The zero-order valence-corrected chi connectivity index (χ0v) is 16.3. The van der Waals surface area contributed by atoms with E-state index in [-0.39, 0.29) is 0 Å². The molecule has 3 aromatic rings. The minimum atomic E-state index is 0.621. The first kappa shape index (κ1) is 19.5. The lowest BCUT2D eigenvalue weighted by molar-refractivity contribution is 0.410. The van der Waals surface area contributed by atoms with Gasteiger partial charge in [0, 0.05) is 19.3 Å². The highest BCUT2D eigenvalue weighted by Crippen LogP contribution is 2.18. The van der Waals surface area contributed by atoms with Crippen LogP contribution in [0.4, 0.5) is 11.8 Å². The van der Waals surface area contributed by atoms with Crippen LogP contribution in [0.1, 0.15) is 11.1 Å². The SMILES string of the molecule is COc1ccc(CCNc2nccc(NCCc3ccccc3OC)n2)cc1. The maximum Gasteiger partial charge on any atom is 0.224 e. The molecule has 28 heavy (non-hydrogen) atoms. The number of methoxy groups -OCH3 is 2. The van der Waals surface area contributed by atoms with E-state index in [4.69, 9.17) is 9.47 Å². The Morgan fingerprint density at radius 3 is 2.39 bits per heavy atom. The van der Waals surface area contributed by atoms with Gasteiger partial charge in [-0.1, -0.05) is 30.3 Å². The average Bonchev–Trinajstić information content (AvgIpc) is 2.75. The van der Waals surface area contributed by atoms with Crippen LogP contribution in [0.5, 0.6) is 11.5 Å². The molecule has 3 rings (SSSR count). The second-order valence-corrected chi connectivity index (χ2v) is 6.28. The number of para-hydroxylation sites is 1. The molecule has 0 radical (unpaired) electrons. The zero-order chi connectivity index (χ0) is 19.6. The third-order valence-corrected chi connectivity index (χ3v) is 4.40. The predicted molar refractivity (Wildman–Crippen MR) is 112 cm³/mol. The molecule has 0 saturated heterocycles. The van der Waals surface area contributed by atoms with Gasteiger partial charge in [-0.25, -0.2) is 4.98 Å². The lowest BCUT2D eigenvalue weighted by Crippen LogP contribution is -2.11. The summed E-state index contributed by atoms with van der Waals surface area (Å²) in [7, 11) is 3.37. The number of hydrogen-bond donors (Lipinski definition) is 2. The Morgan fingerprint density at radius 2 is 1.61 bits per heavy atom. The molecule has 0 spiro atoms. The normalized spacial score (nSPS) is 10.4. The molecule has 0 aliphatic carbocycles. The van der Waals surface area contributed by atoms with Crippen LogP contribution in [0.3, 0.4) is 0 Å². The molecule has 146 valence electrons. The Hall–Kier alpha value is -3.28. The van der Waals surface area contributed by atoms with Crippen molar-refractivity contribution >= 4 is 11.8 Å². The third-order valence-electron chi connectivity index (χ3n) is 4.40. The molecular weight excluding hydrogens is 352 g/mol. The summed E-state index contributed by atoms with van der Waals surface area (Å²) in [5.41, 5.74) is 2.41. The molecular formula is C22H26N4O2. The van der Waals surface area contributed by atoms with E-state index in [0.29, 0.717) is 5.95 Å². The summed E-state index contributed by atoms with van der Waals surface area (Å²) >= 11 is 0. The summed E-state index contributed by atoms with van der Waals surface area (Å²) in [6, 6.07) is 18.0. The van der Waals surface area contributed by atoms with Gasteiger partial charge in [-0.15, -0.1) is 0 Å². The number of nitrogens with zero attached hydrogens (tertiary/aromatic N) is 2. The number of rotatable bonds is 10. The summed E-state index contributed by atoms with van der Waals surface area (Å²) in [6.45, 7) is 1.53. The van der Waals surface area contributed by atoms with Crippen LogP contribution in [0, 0.1) is 0 Å². The van der Waals surface area contributed by atoms with Gasteiger partial charge in [0.15, 0.2) is 0 Å². The van der Waals surface area contributed by atoms with E-state index in [0.717, 1.165) is 43.2 Å². The Morgan fingerprint density at radius 1 is 0.821 bits per heavy atom. The first-order valence-corrected chi connectivity index (χ1v) is 9.34. The lowest BCUT2D eigenvalue weighted by Gasteiger charge is -2.10. The molecule has 0 unspecified atom stereocenters. The number of nitrogens with one attached hydrogen (secondary N) is 2. The van der Waals surface area contributed by atoms with Gasteiger partial charge < -0.3 is 20.1 Å².